The summed E-state index contributed by atoms with van der Waals surface area (Å²) in [6.45, 7) is 8.30. The molecular formula is C16H30O2. The Labute approximate surface area is 113 Å². The van der Waals surface area contributed by atoms with Gasteiger partial charge < -0.3 is 4.74 Å². The van der Waals surface area contributed by atoms with E-state index in [1.54, 1.807) is 0 Å². The van der Waals surface area contributed by atoms with Crippen LogP contribution in [0.4, 0.5) is 0 Å². The lowest BCUT2D eigenvalue weighted by atomic mass is 10.1. The van der Waals surface area contributed by atoms with Gasteiger partial charge in [-0.2, -0.15) is 0 Å². The molecule has 0 aliphatic carbocycles. The largest absolute Gasteiger partial charge is 0.462 e. The number of rotatable bonds is 10. The van der Waals surface area contributed by atoms with Gasteiger partial charge in [-0.05, 0) is 38.5 Å². The van der Waals surface area contributed by atoms with Crippen molar-refractivity contribution in [3.8, 4) is 0 Å². The average molecular weight is 254 g/mol. The van der Waals surface area contributed by atoms with Crippen LogP contribution in [0.15, 0.2) is 12.2 Å². The van der Waals surface area contributed by atoms with Crippen LogP contribution in [0.1, 0.15) is 72.6 Å². The molecule has 0 aliphatic heterocycles. The van der Waals surface area contributed by atoms with E-state index in [1.807, 2.05) is 6.92 Å². The number of hydrogen-bond acceptors (Lipinski definition) is 2. The van der Waals surface area contributed by atoms with Gasteiger partial charge in [-0.25, -0.2) is 0 Å². The quantitative estimate of drug-likeness (QED) is 0.315. The molecule has 0 amide bonds. The SMILES string of the molecule is CCCCC/C=C\CCCC(=O)OC(C)C(C)C. The molecule has 2 nitrogen and oxygen atoms in total. The minimum atomic E-state index is -0.0596. The molecule has 1 unspecified atom stereocenters. The molecule has 0 aromatic heterocycles. The van der Waals surface area contributed by atoms with Gasteiger partial charge in [-0.3, -0.25) is 4.79 Å². The van der Waals surface area contributed by atoms with Crippen LogP contribution >= 0.6 is 0 Å². The van der Waals surface area contributed by atoms with E-state index < -0.39 is 0 Å². The minimum Gasteiger partial charge on any atom is -0.462 e. The molecule has 0 aliphatic rings. The summed E-state index contributed by atoms with van der Waals surface area (Å²) < 4.78 is 5.31. The van der Waals surface area contributed by atoms with Crippen molar-refractivity contribution in [1.29, 1.82) is 0 Å². The summed E-state index contributed by atoms with van der Waals surface area (Å²) in [7, 11) is 0. The number of unbranched alkanes of at least 4 members (excludes halogenated alkanes) is 4. The van der Waals surface area contributed by atoms with Crippen LogP contribution in [-0.2, 0) is 9.53 Å². The molecular weight excluding hydrogens is 224 g/mol. The third-order valence-electron chi connectivity index (χ3n) is 3.15. The lowest BCUT2D eigenvalue weighted by Gasteiger charge is -2.16. The molecule has 2 heteroatoms. The Kier molecular flexibility index (Phi) is 10.8. The summed E-state index contributed by atoms with van der Waals surface area (Å²) in [6, 6.07) is 0. The molecule has 0 saturated heterocycles. The van der Waals surface area contributed by atoms with Crippen molar-refractivity contribution in [2.24, 2.45) is 5.92 Å². The van der Waals surface area contributed by atoms with E-state index >= 15 is 0 Å². The van der Waals surface area contributed by atoms with Crippen molar-refractivity contribution < 1.29 is 9.53 Å². The average Bonchev–Trinajstić information content (AvgIpc) is 2.32. The molecule has 0 rings (SSSR count). The van der Waals surface area contributed by atoms with Crippen molar-refractivity contribution in [2.45, 2.75) is 78.7 Å². The number of ether oxygens (including phenoxy) is 1. The maximum atomic E-state index is 11.5. The summed E-state index contributed by atoms with van der Waals surface area (Å²) in [5.41, 5.74) is 0. The fraction of sp³-hybridized carbons (Fsp3) is 0.812. The predicted octanol–water partition coefficient (Wildman–Crippen LogP) is 4.88. The predicted molar refractivity (Wildman–Crippen MR) is 77.5 cm³/mol. The van der Waals surface area contributed by atoms with E-state index in [-0.39, 0.29) is 12.1 Å². The zero-order valence-electron chi connectivity index (χ0n) is 12.6. The van der Waals surface area contributed by atoms with Gasteiger partial charge in [-0.1, -0.05) is 45.8 Å². The lowest BCUT2D eigenvalue weighted by molar-refractivity contribution is -0.150. The van der Waals surface area contributed by atoms with Crippen LogP contribution in [0.2, 0.25) is 0 Å². The highest BCUT2D eigenvalue weighted by molar-refractivity contribution is 5.69. The molecule has 0 heterocycles. The zero-order chi connectivity index (χ0) is 13.8. The molecule has 0 saturated carbocycles. The number of hydrogen-bond donors (Lipinski definition) is 0. The van der Waals surface area contributed by atoms with E-state index in [0.29, 0.717) is 12.3 Å². The van der Waals surface area contributed by atoms with Crippen molar-refractivity contribution >= 4 is 5.97 Å². The van der Waals surface area contributed by atoms with E-state index in [4.69, 9.17) is 4.74 Å². The van der Waals surface area contributed by atoms with E-state index in [9.17, 15) is 4.79 Å². The zero-order valence-corrected chi connectivity index (χ0v) is 12.6. The molecule has 0 radical (unpaired) electrons. The van der Waals surface area contributed by atoms with Crippen molar-refractivity contribution in [1.82, 2.24) is 0 Å². The fourth-order valence-electron chi connectivity index (χ4n) is 1.51. The summed E-state index contributed by atoms with van der Waals surface area (Å²) in [5.74, 6) is 0.336. The first-order chi connectivity index (χ1) is 8.57. The van der Waals surface area contributed by atoms with Gasteiger partial charge in [0, 0.05) is 6.42 Å². The maximum Gasteiger partial charge on any atom is 0.306 e. The summed E-state index contributed by atoms with van der Waals surface area (Å²) in [5, 5.41) is 0. The van der Waals surface area contributed by atoms with Crippen LogP contribution in [-0.4, -0.2) is 12.1 Å². The second-order valence-electron chi connectivity index (χ2n) is 5.30. The summed E-state index contributed by atoms with van der Waals surface area (Å²) in [4.78, 5) is 11.5. The number of carbonyl (C=O) groups excluding carboxylic acids is 1. The van der Waals surface area contributed by atoms with Gasteiger partial charge in [0.25, 0.3) is 0 Å². The second kappa shape index (κ2) is 11.3. The Morgan fingerprint density at radius 2 is 1.67 bits per heavy atom. The van der Waals surface area contributed by atoms with Gasteiger partial charge in [0.15, 0.2) is 0 Å². The minimum absolute atomic E-state index is 0.0297. The smallest absolute Gasteiger partial charge is 0.306 e. The van der Waals surface area contributed by atoms with Gasteiger partial charge in [0.1, 0.15) is 6.10 Å². The fourth-order valence-corrected chi connectivity index (χ4v) is 1.51. The first-order valence-corrected chi connectivity index (χ1v) is 7.42. The highest BCUT2D eigenvalue weighted by Crippen LogP contribution is 2.08. The molecule has 1 atom stereocenters. The van der Waals surface area contributed by atoms with Crippen LogP contribution in [0.5, 0.6) is 0 Å². The van der Waals surface area contributed by atoms with Crippen molar-refractivity contribution in [3.05, 3.63) is 12.2 Å². The van der Waals surface area contributed by atoms with E-state index in [0.717, 1.165) is 12.8 Å². The van der Waals surface area contributed by atoms with Crippen LogP contribution in [0.25, 0.3) is 0 Å². The molecule has 0 aromatic carbocycles. The summed E-state index contributed by atoms with van der Waals surface area (Å²) >= 11 is 0. The molecule has 0 bridgehead atoms. The normalized spacial score (nSPS) is 13.2. The first-order valence-electron chi connectivity index (χ1n) is 7.42. The maximum absolute atomic E-state index is 11.5. The van der Waals surface area contributed by atoms with Crippen LogP contribution in [0.3, 0.4) is 0 Å². The number of carbonyl (C=O) groups is 1. The Morgan fingerprint density at radius 1 is 1.06 bits per heavy atom. The molecule has 0 aromatic rings. The Balaban J connectivity index is 3.45. The Hall–Kier alpha value is -0.790. The topological polar surface area (TPSA) is 26.3 Å². The van der Waals surface area contributed by atoms with Gasteiger partial charge in [0.05, 0.1) is 0 Å². The molecule has 18 heavy (non-hydrogen) atoms. The number of esters is 1. The highest BCUT2D eigenvalue weighted by atomic mass is 16.5. The third-order valence-corrected chi connectivity index (χ3v) is 3.15. The molecule has 0 spiro atoms. The molecule has 0 N–H and O–H groups in total. The third kappa shape index (κ3) is 10.4. The van der Waals surface area contributed by atoms with Crippen LogP contribution < -0.4 is 0 Å². The van der Waals surface area contributed by atoms with Crippen LogP contribution in [0, 0.1) is 5.92 Å². The lowest BCUT2D eigenvalue weighted by Crippen LogP contribution is -2.19. The van der Waals surface area contributed by atoms with E-state index in [1.165, 1.54) is 25.7 Å². The van der Waals surface area contributed by atoms with Gasteiger partial charge in [-0.15, -0.1) is 0 Å². The Bertz CT molecular complexity index is 231. The highest BCUT2D eigenvalue weighted by Gasteiger charge is 2.11. The first kappa shape index (κ1) is 17.2. The van der Waals surface area contributed by atoms with E-state index in [2.05, 4.69) is 32.9 Å². The second-order valence-corrected chi connectivity index (χ2v) is 5.30. The van der Waals surface area contributed by atoms with Crippen molar-refractivity contribution in [2.75, 3.05) is 0 Å². The molecule has 106 valence electrons. The van der Waals surface area contributed by atoms with Crippen molar-refractivity contribution in [3.63, 3.8) is 0 Å². The van der Waals surface area contributed by atoms with Gasteiger partial charge in [0.2, 0.25) is 0 Å². The Morgan fingerprint density at radius 3 is 2.22 bits per heavy atom. The molecule has 0 fully saturated rings. The monoisotopic (exact) mass is 254 g/mol. The number of allylic oxidation sites excluding steroid dienone is 2. The summed E-state index contributed by atoms with van der Waals surface area (Å²) in [6.07, 6.45) is 11.9. The van der Waals surface area contributed by atoms with Gasteiger partial charge >= 0.3 is 5.97 Å². The standard InChI is InChI=1S/C16H30O2/c1-5-6-7-8-9-10-11-12-13-16(17)18-15(4)14(2)3/h9-10,14-15H,5-8,11-13H2,1-4H3/b10-9-.